The van der Waals surface area contributed by atoms with Crippen LogP contribution in [-0.2, 0) is 26.5 Å². The first kappa shape index (κ1) is 16.2. The molecule has 0 bridgehead atoms. The van der Waals surface area contributed by atoms with Crippen LogP contribution in [0.3, 0.4) is 0 Å². The van der Waals surface area contributed by atoms with E-state index in [0.717, 1.165) is 6.42 Å². The molecule has 23 heavy (non-hydrogen) atoms. The molecule has 1 fully saturated rings. The number of rotatable bonds is 5. The molecule has 1 aromatic heterocycles. The van der Waals surface area contributed by atoms with Gasteiger partial charge in [0.25, 0.3) is 0 Å². The van der Waals surface area contributed by atoms with Crippen LogP contribution < -0.4 is 10.5 Å². The molecule has 2 heterocycles. The lowest BCUT2D eigenvalue weighted by Gasteiger charge is -2.23. The second-order valence-electron chi connectivity index (χ2n) is 5.27. The molecular formula is C14H18N2O6S. The minimum Gasteiger partial charge on any atom is -0.408 e. The smallest absolute Gasteiger partial charge is 0.408 e. The van der Waals surface area contributed by atoms with Gasteiger partial charge >= 0.3 is 5.76 Å². The third kappa shape index (κ3) is 3.47. The van der Waals surface area contributed by atoms with E-state index in [1.807, 2.05) is 0 Å². The number of nitrogens with one attached hydrogen (secondary N) is 1. The number of aryl methyl sites for hydroxylation is 1. The molecule has 8 nitrogen and oxygen atoms in total. The molecule has 0 radical (unpaired) electrons. The van der Waals surface area contributed by atoms with Crippen molar-refractivity contribution in [2.45, 2.75) is 24.0 Å². The Balaban J connectivity index is 1.70. The van der Waals surface area contributed by atoms with Crippen molar-refractivity contribution in [3.8, 4) is 0 Å². The molecule has 1 aliphatic rings. The van der Waals surface area contributed by atoms with Gasteiger partial charge in [0.05, 0.1) is 23.6 Å². The summed E-state index contributed by atoms with van der Waals surface area (Å²) in [5.41, 5.74) is 0.775. The molecule has 0 atom stereocenters. The molecule has 1 saturated heterocycles. The maximum absolute atomic E-state index is 12.3. The van der Waals surface area contributed by atoms with Gasteiger partial charge in [0.1, 0.15) is 0 Å². The third-order valence-corrected chi connectivity index (χ3v) is 5.10. The first-order valence-electron chi connectivity index (χ1n) is 7.30. The summed E-state index contributed by atoms with van der Waals surface area (Å²) in [4.78, 5) is 11.5. The molecule has 0 unspecified atom stereocenters. The van der Waals surface area contributed by atoms with Gasteiger partial charge < -0.3 is 13.9 Å². The lowest BCUT2D eigenvalue weighted by atomic mass is 10.3. The standard InChI is InChI=1S/C14H18N2O6S/c1-16-11-4-3-10(9-12(11)22-14(16)17)23(18,19)15-6-5-13-20-7-2-8-21-13/h3-4,9,13,15H,2,5-8H2,1H3. The Hall–Kier alpha value is -1.68. The highest BCUT2D eigenvalue weighted by molar-refractivity contribution is 7.89. The number of aromatic nitrogens is 1. The topological polar surface area (TPSA) is 99.8 Å². The highest BCUT2D eigenvalue weighted by atomic mass is 32.2. The number of hydrogen-bond donors (Lipinski definition) is 1. The summed E-state index contributed by atoms with van der Waals surface area (Å²) in [7, 11) is -2.13. The minimum atomic E-state index is -3.69. The molecule has 0 aliphatic carbocycles. The van der Waals surface area contributed by atoms with Crippen LogP contribution in [0.15, 0.2) is 32.3 Å². The summed E-state index contributed by atoms with van der Waals surface area (Å²) in [6.45, 7) is 1.45. The Morgan fingerprint density at radius 1 is 1.30 bits per heavy atom. The monoisotopic (exact) mass is 342 g/mol. The molecular weight excluding hydrogens is 324 g/mol. The van der Waals surface area contributed by atoms with Gasteiger partial charge in [0.15, 0.2) is 11.9 Å². The van der Waals surface area contributed by atoms with Gasteiger partial charge in [-0.05, 0) is 18.6 Å². The van der Waals surface area contributed by atoms with Crippen LogP contribution in [0.4, 0.5) is 0 Å². The second kappa shape index (κ2) is 6.44. The number of sulfonamides is 1. The van der Waals surface area contributed by atoms with Gasteiger partial charge in [0.2, 0.25) is 10.0 Å². The summed E-state index contributed by atoms with van der Waals surface area (Å²) in [5, 5.41) is 0. The van der Waals surface area contributed by atoms with Gasteiger partial charge in [-0.2, -0.15) is 0 Å². The number of ether oxygens (including phenoxy) is 2. The van der Waals surface area contributed by atoms with Crippen molar-refractivity contribution in [1.82, 2.24) is 9.29 Å². The molecule has 0 amide bonds. The molecule has 3 rings (SSSR count). The zero-order valence-electron chi connectivity index (χ0n) is 12.6. The van der Waals surface area contributed by atoms with Crippen LogP contribution in [0.1, 0.15) is 12.8 Å². The first-order chi connectivity index (χ1) is 11.0. The van der Waals surface area contributed by atoms with Crippen LogP contribution in [0.5, 0.6) is 0 Å². The van der Waals surface area contributed by atoms with Gasteiger partial charge in [-0.15, -0.1) is 0 Å². The summed E-state index contributed by atoms with van der Waals surface area (Å²) in [6, 6.07) is 4.32. The quantitative estimate of drug-likeness (QED) is 0.852. The Labute approximate surface area is 133 Å². The van der Waals surface area contributed by atoms with E-state index in [4.69, 9.17) is 13.9 Å². The number of nitrogens with zero attached hydrogens (tertiary/aromatic N) is 1. The van der Waals surface area contributed by atoms with E-state index in [1.165, 1.54) is 16.7 Å². The van der Waals surface area contributed by atoms with Crippen LogP contribution in [0.2, 0.25) is 0 Å². The Kier molecular flexibility index (Phi) is 4.53. The molecule has 126 valence electrons. The molecule has 2 aromatic rings. The highest BCUT2D eigenvalue weighted by Gasteiger charge is 2.19. The zero-order chi connectivity index (χ0) is 16.4. The third-order valence-electron chi connectivity index (χ3n) is 3.64. The predicted octanol–water partition coefficient (Wildman–Crippen LogP) is 0.563. The average molecular weight is 342 g/mol. The lowest BCUT2D eigenvalue weighted by Crippen LogP contribution is -2.31. The van der Waals surface area contributed by atoms with Crippen LogP contribution in [-0.4, -0.2) is 39.0 Å². The van der Waals surface area contributed by atoms with E-state index in [1.54, 1.807) is 13.1 Å². The summed E-state index contributed by atoms with van der Waals surface area (Å²) < 4.78 is 44.1. The molecule has 0 spiro atoms. The normalized spacial score (nSPS) is 16.9. The van der Waals surface area contributed by atoms with Crippen molar-refractivity contribution < 1.29 is 22.3 Å². The second-order valence-corrected chi connectivity index (χ2v) is 7.03. The van der Waals surface area contributed by atoms with Crippen molar-refractivity contribution >= 4 is 21.1 Å². The Bertz CT molecular complexity index is 848. The molecule has 1 N–H and O–H groups in total. The lowest BCUT2D eigenvalue weighted by molar-refractivity contribution is -0.180. The predicted molar refractivity (Wildman–Crippen MR) is 81.6 cm³/mol. The number of hydrogen-bond acceptors (Lipinski definition) is 6. The minimum absolute atomic E-state index is 0.0461. The van der Waals surface area contributed by atoms with E-state index in [2.05, 4.69) is 4.72 Å². The van der Waals surface area contributed by atoms with Gasteiger partial charge in [-0.3, -0.25) is 4.57 Å². The van der Waals surface area contributed by atoms with Crippen molar-refractivity contribution in [2.75, 3.05) is 19.8 Å². The molecule has 9 heteroatoms. The van der Waals surface area contributed by atoms with E-state index in [0.29, 0.717) is 25.2 Å². The zero-order valence-corrected chi connectivity index (χ0v) is 13.5. The summed E-state index contributed by atoms with van der Waals surface area (Å²) >= 11 is 0. The van der Waals surface area contributed by atoms with E-state index in [9.17, 15) is 13.2 Å². The fourth-order valence-corrected chi connectivity index (χ4v) is 3.44. The van der Waals surface area contributed by atoms with Crippen molar-refractivity contribution in [3.63, 3.8) is 0 Å². The maximum Gasteiger partial charge on any atom is 0.419 e. The number of benzene rings is 1. The number of oxazole rings is 1. The van der Waals surface area contributed by atoms with E-state index < -0.39 is 15.8 Å². The largest absolute Gasteiger partial charge is 0.419 e. The van der Waals surface area contributed by atoms with Gasteiger partial charge in [0, 0.05) is 26.1 Å². The fourth-order valence-electron chi connectivity index (χ4n) is 2.38. The van der Waals surface area contributed by atoms with Crippen molar-refractivity contribution in [3.05, 3.63) is 28.7 Å². The molecule has 1 aromatic carbocycles. The maximum atomic E-state index is 12.3. The summed E-state index contributed by atoms with van der Waals surface area (Å²) in [5.74, 6) is -0.533. The van der Waals surface area contributed by atoms with E-state index >= 15 is 0 Å². The van der Waals surface area contributed by atoms with Crippen LogP contribution >= 0.6 is 0 Å². The van der Waals surface area contributed by atoms with Gasteiger partial charge in [-0.1, -0.05) is 0 Å². The van der Waals surface area contributed by atoms with Crippen LogP contribution in [0, 0.1) is 0 Å². The first-order valence-corrected chi connectivity index (χ1v) is 8.78. The number of fused-ring (bicyclic) bond motifs is 1. The average Bonchev–Trinajstić information content (AvgIpc) is 2.82. The summed E-state index contributed by atoms with van der Waals surface area (Å²) in [6.07, 6.45) is 0.910. The SMILES string of the molecule is Cn1c(=O)oc2cc(S(=O)(=O)NCCC3OCCCO3)ccc21. The molecule has 0 saturated carbocycles. The fraction of sp³-hybridized carbons (Fsp3) is 0.500. The van der Waals surface area contributed by atoms with Crippen molar-refractivity contribution in [2.24, 2.45) is 7.05 Å². The van der Waals surface area contributed by atoms with E-state index in [-0.39, 0.29) is 23.3 Å². The van der Waals surface area contributed by atoms with Gasteiger partial charge in [-0.25, -0.2) is 17.9 Å². The van der Waals surface area contributed by atoms with Crippen molar-refractivity contribution in [1.29, 1.82) is 0 Å². The Morgan fingerprint density at radius 2 is 2.04 bits per heavy atom. The van der Waals surface area contributed by atoms with Crippen LogP contribution in [0.25, 0.3) is 11.1 Å². The highest BCUT2D eigenvalue weighted by Crippen LogP contribution is 2.18. The molecule has 1 aliphatic heterocycles. The Morgan fingerprint density at radius 3 is 2.78 bits per heavy atom.